The van der Waals surface area contributed by atoms with Gasteiger partial charge >= 0.3 is 6.03 Å². The highest BCUT2D eigenvalue weighted by molar-refractivity contribution is 5.94. The van der Waals surface area contributed by atoms with Gasteiger partial charge < -0.3 is 10.2 Å². The topological polar surface area (TPSA) is 78.4 Å². The first kappa shape index (κ1) is 17.5. The van der Waals surface area contributed by atoms with E-state index in [1.807, 2.05) is 17.0 Å². The Bertz CT molecular complexity index is 820. The highest BCUT2D eigenvalue weighted by atomic mass is 16.2. The van der Waals surface area contributed by atoms with Gasteiger partial charge in [0.05, 0.1) is 5.56 Å². The number of carbonyl (C=O) groups is 2. The molecule has 4 rings (SSSR count). The van der Waals surface area contributed by atoms with Crippen LogP contribution in [0.5, 0.6) is 0 Å². The third-order valence-corrected chi connectivity index (χ3v) is 5.30. The summed E-state index contributed by atoms with van der Waals surface area (Å²) >= 11 is 0. The van der Waals surface area contributed by atoms with Crippen LogP contribution in [0.2, 0.25) is 0 Å². The van der Waals surface area contributed by atoms with E-state index in [1.165, 1.54) is 19.0 Å². The summed E-state index contributed by atoms with van der Waals surface area (Å²) in [5.74, 6) is 1.15. The number of pyridine rings is 2. The smallest absolute Gasteiger partial charge is 0.326 e. The highest BCUT2D eigenvalue weighted by Crippen LogP contribution is 2.36. The zero-order valence-electron chi connectivity index (χ0n) is 15.3. The fourth-order valence-electron chi connectivity index (χ4n) is 3.44. The van der Waals surface area contributed by atoms with Gasteiger partial charge in [0.25, 0.3) is 5.91 Å². The van der Waals surface area contributed by atoms with Gasteiger partial charge in [-0.1, -0.05) is 6.07 Å². The molecule has 140 valence electrons. The van der Waals surface area contributed by atoms with E-state index in [0.29, 0.717) is 36.4 Å². The second-order valence-corrected chi connectivity index (χ2v) is 7.15. The van der Waals surface area contributed by atoms with E-state index in [2.05, 4.69) is 22.2 Å². The normalized spacial score (nSPS) is 17.9. The van der Waals surface area contributed by atoms with Crippen molar-refractivity contribution in [2.45, 2.75) is 32.4 Å². The molecule has 0 bridgehead atoms. The van der Waals surface area contributed by atoms with Crippen molar-refractivity contribution in [1.82, 2.24) is 20.2 Å². The third-order valence-electron chi connectivity index (χ3n) is 5.30. The molecule has 0 unspecified atom stereocenters. The maximum Gasteiger partial charge on any atom is 0.326 e. The molecule has 0 spiro atoms. The first-order chi connectivity index (χ1) is 13.1. The van der Waals surface area contributed by atoms with Gasteiger partial charge in [-0.2, -0.15) is 0 Å². The van der Waals surface area contributed by atoms with Gasteiger partial charge in [0.15, 0.2) is 0 Å². The minimum atomic E-state index is -0.174. The number of anilines is 1. The Labute approximate surface area is 158 Å². The highest BCUT2D eigenvalue weighted by Gasteiger charge is 2.39. The molecule has 3 amide bonds. The lowest BCUT2D eigenvalue weighted by Gasteiger charge is -2.24. The van der Waals surface area contributed by atoms with Crippen molar-refractivity contribution in [3.63, 3.8) is 0 Å². The standard InChI is InChI=1S/C20H23N5O2/c1-14(16-5-6-16)24-9-10-25(20(24)27)18-7-4-15(11-22-18)12-23-19(26)17-3-2-8-21-13-17/h2-4,7-8,11,13-14,16H,5-6,9-10,12H2,1H3,(H,23,26)/t14-/m1/s1. The zero-order chi connectivity index (χ0) is 18.8. The number of nitrogens with zero attached hydrogens (tertiary/aromatic N) is 4. The van der Waals surface area contributed by atoms with Crippen LogP contribution in [-0.4, -0.2) is 45.9 Å². The average Bonchev–Trinajstić information content (AvgIpc) is 3.49. The van der Waals surface area contributed by atoms with Gasteiger partial charge in [0.1, 0.15) is 5.82 Å². The van der Waals surface area contributed by atoms with Crippen LogP contribution in [0.25, 0.3) is 0 Å². The fraction of sp³-hybridized carbons (Fsp3) is 0.400. The van der Waals surface area contributed by atoms with Crippen LogP contribution in [0.3, 0.4) is 0 Å². The van der Waals surface area contributed by atoms with Crippen LogP contribution in [0, 0.1) is 5.92 Å². The number of hydrogen-bond acceptors (Lipinski definition) is 4. The summed E-state index contributed by atoms with van der Waals surface area (Å²) in [5.41, 5.74) is 1.40. The minimum absolute atomic E-state index is 0.0412. The lowest BCUT2D eigenvalue weighted by Crippen LogP contribution is -2.39. The van der Waals surface area contributed by atoms with Crippen LogP contribution in [0.4, 0.5) is 10.6 Å². The van der Waals surface area contributed by atoms with E-state index in [1.54, 1.807) is 29.4 Å². The van der Waals surface area contributed by atoms with E-state index in [0.717, 1.165) is 12.1 Å². The Kier molecular flexibility index (Phi) is 4.75. The Balaban J connectivity index is 1.35. The van der Waals surface area contributed by atoms with Crippen LogP contribution >= 0.6 is 0 Å². The summed E-state index contributed by atoms with van der Waals surface area (Å²) in [6, 6.07) is 7.54. The molecule has 0 radical (unpaired) electrons. The Morgan fingerprint density at radius 2 is 2.11 bits per heavy atom. The third kappa shape index (κ3) is 3.77. The van der Waals surface area contributed by atoms with Crippen molar-refractivity contribution in [3.05, 3.63) is 54.0 Å². The van der Waals surface area contributed by atoms with E-state index in [4.69, 9.17) is 0 Å². The predicted molar refractivity (Wildman–Crippen MR) is 101 cm³/mol. The molecule has 2 aromatic heterocycles. The summed E-state index contributed by atoms with van der Waals surface area (Å²) in [6.07, 6.45) is 7.32. The van der Waals surface area contributed by atoms with E-state index in [-0.39, 0.29) is 11.9 Å². The van der Waals surface area contributed by atoms with Gasteiger partial charge in [-0.15, -0.1) is 0 Å². The first-order valence-corrected chi connectivity index (χ1v) is 9.35. The Morgan fingerprint density at radius 1 is 1.26 bits per heavy atom. The largest absolute Gasteiger partial charge is 0.348 e. The van der Waals surface area contributed by atoms with Gasteiger partial charge in [-0.3, -0.25) is 14.7 Å². The van der Waals surface area contributed by atoms with Crippen molar-refractivity contribution in [2.75, 3.05) is 18.0 Å². The van der Waals surface area contributed by atoms with Gasteiger partial charge in [0.2, 0.25) is 0 Å². The molecule has 0 aromatic carbocycles. The van der Waals surface area contributed by atoms with Crippen LogP contribution in [0.1, 0.15) is 35.7 Å². The van der Waals surface area contributed by atoms with Gasteiger partial charge in [0, 0.05) is 44.3 Å². The summed E-state index contributed by atoms with van der Waals surface area (Å²) in [5, 5.41) is 2.85. The molecule has 2 fully saturated rings. The molecule has 7 nitrogen and oxygen atoms in total. The first-order valence-electron chi connectivity index (χ1n) is 9.35. The van der Waals surface area contributed by atoms with Crippen LogP contribution in [-0.2, 0) is 6.54 Å². The van der Waals surface area contributed by atoms with Crippen molar-refractivity contribution in [2.24, 2.45) is 5.92 Å². The molecule has 1 N–H and O–H groups in total. The van der Waals surface area contributed by atoms with Crippen LogP contribution in [0.15, 0.2) is 42.9 Å². The number of rotatable bonds is 6. The van der Waals surface area contributed by atoms with Crippen molar-refractivity contribution < 1.29 is 9.59 Å². The molecule has 27 heavy (non-hydrogen) atoms. The SMILES string of the molecule is C[C@H](C1CC1)N1CCN(c2ccc(CNC(=O)c3cccnc3)cn2)C1=O. The fourth-order valence-corrected chi connectivity index (χ4v) is 3.44. The van der Waals surface area contributed by atoms with Crippen molar-refractivity contribution >= 4 is 17.8 Å². The number of amides is 3. The van der Waals surface area contributed by atoms with Crippen molar-refractivity contribution in [3.8, 4) is 0 Å². The molecule has 2 aromatic rings. The molecule has 1 atom stereocenters. The van der Waals surface area contributed by atoms with E-state index < -0.39 is 0 Å². The van der Waals surface area contributed by atoms with Gasteiger partial charge in [-0.05, 0) is 49.4 Å². The molecule has 1 saturated heterocycles. The molecule has 2 aliphatic rings. The Hall–Kier alpha value is -2.96. The molecule has 1 saturated carbocycles. The summed E-state index contributed by atoms with van der Waals surface area (Å²) in [6.45, 7) is 3.93. The zero-order valence-corrected chi connectivity index (χ0v) is 15.3. The number of nitrogens with one attached hydrogen (secondary N) is 1. The number of aromatic nitrogens is 2. The van der Waals surface area contributed by atoms with E-state index in [9.17, 15) is 9.59 Å². The molecule has 1 aliphatic carbocycles. The monoisotopic (exact) mass is 365 g/mol. The lowest BCUT2D eigenvalue weighted by atomic mass is 10.2. The predicted octanol–water partition coefficient (Wildman–Crippen LogP) is 2.45. The molecule has 7 heteroatoms. The molecular formula is C20H23N5O2. The number of carbonyl (C=O) groups excluding carboxylic acids is 2. The maximum atomic E-state index is 12.7. The van der Waals surface area contributed by atoms with Crippen LogP contribution < -0.4 is 10.2 Å². The maximum absolute atomic E-state index is 12.7. The Morgan fingerprint density at radius 3 is 2.78 bits per heavy atom. The van der Waals surface area contributed by atoms with Gasteiger partial charge in [-0.25, -0.2) is 9.78 Å². The van der Waals surface area contributed by atoms with Crippen molar-refractivity contribution in [1.29, 1.82) is 0 Å². The quantitative estimate of drug-likeness (QED) is 0.853. The molecular weight excluding hydrogens is 342 g/mol. The lowest BCUT2D eigenvalue weighted by molar-refractivity contribution is 0.0950. The number of urea groups is 1. The summed E-state index contributed by atoms with van der Waals surface area (Å²) in [4.78, 5) is 36.8. The average molecular weight is 365 g/mol. The second-order valence-electron chi connectivity index (χ2n) is 7.15. The van der Waals surface area contributed by atoms with E-state index >= 15 is 0 Å². The summed E-state index contributed by atoms with van der Waals surface area (Å²) in [7, 11) is 0. The number of hydrogen-bond donors (Lipinski definition) is 1. The summed E-state index contributed by atoms with van der Waals surface area (Å²) < 4.78 is 0. The second kappa shape index (κ2) is 7.34. The minimum Gasteiger partial charge on any atom is -0.348 e. The molecule has 3 heterocycles. The molecule has 1 aliphatic heterocycles.